The van der Waals surface area contributed by atoms with E-state index in [1.54, 1.807) is 0 Å². The summed E-state index contributed by atoms with van der Waals surface area (Å²) >= 11 is 0. The quantitative estimate of drug-likeness (QED) is 0.581. The predicted molar refractivity (Wildman–Crippen MR) is 120 cm³/mol. The normalized spacial score (nSPS) is 15.3. The number of likely N-dealkylation sites (N-methyl/N-ethyl adjacent to an activating group) is 1. The maximum atomic E-state index is 9.99. The molecule has 0 radical (unpaired) electrons. The second kappa shape index (κ2) is 8.42. The largest absolute Gasteiger partial charge is 0.367 e. The van der Waals surface area contributed by atoms with E-state index in [9.17, 15) is 5.26 Å². The number of nitriles is 1. The molecule has 152 valence electrons. The standard InChI is InChI=1S/C24H31N5/c1-4-5-6-7-10-19-18(2)20(17-25)22-24(29-12-9-8-11-21(29)26-22)23(19)28-15-13-27(3)14-16-28/h8-9,11-12H,4-7,10,13-16H2,1-3H3. The van der Waals surface area contributed by atoms with Crippen LogP contribution in [0.5, 0.6) is 0 Å². The SMILES string of the molecule is CCCCCCc1c(C)c(C#N)c2nc3ccccn3c2c1N1CCN(C)CC1. The van der Waals surface area contributed by atoms with Crippen molar-refractivity contribution in [3.63, 3.8) is 0 Å². The zero-order valence-electron chi connectivity index (χ0n) is 17.9. The number of hydrogen-bond donors (Lipinski definition) is 0. The molecule has 0 amide bonds. The van der Waals surface area contributed by atoms with Gasteiger partial charge in [-0.2, -0.15) is 5.26 Å². The number of anilines is 1. The van der Waals surface area contributed by atoms with E-state index >= 15 is 0 Å². The molecule has 0 aliphatic carbocycles. The van der Waals surface area contributed by atoms with Crippen LogP contribution in [0.3, 0.4) is 0 Å². The van der Waals surface area contributed by atoms with Crippen molar-refractivity contribution in [2.75, 3.05) is 38.1 Å². The van der Waals surface area contributed by atoms with Gasteiger partial charge < -0.3 is 9.80 Å². The van der Waals surface area contributed by atoms with Gasteiger partial charge in [0.1, 0.15) is 17.2 Å². The Morgan fingerprint density at radius 2 is 1.90 bits per heavy atom. The van der Waals surface area contributed by atoms with Crippen LogP contribution in [0.4, 0.5) is 5.69 Å². The Kier molecular flexibility index (Phi) is 5.73. The average Bonchev–Trinajstić information content (AvgIpc) is 3.11. The van der Waals surface area contributed by atoms with E-state index in [1.807, 2.05) is 12.1 Å². The highest BCUT2D eigenvalue weighted by Gasteiger charge is 2.26. The van der Waals surface area contributed by atoms with E-state index in [0.29, 0.717) is 0 Å². The fourth-order valence-electron chi connectivity index (χ4n) is 4.59. The number of pyridine rings is 1. The first-order valence-corrected chi connectivity index (χ1v) is 10.9. The Morgan fingerprint density at radius 1 is 1.10 bits per heavy atom. The number of unbranched alkanes of at least 4 members (excludes halogenated alkanes) is 3. The van der Waals surface area contributed by atoms with E-state index in [1.165, 1.54) is 36.9 Å². The van der Waals surface area contributed by atoms with Crippen molar-refractivity contribution in [3.8, 4) is 6.07 Å². The van der Waals surface area contributed by atoms with Crippen LogP contribution in [-0.4, -0.2) is 47.5 Å². The molecule has 2 aromatic heterocycles. The van der Waals surface area contributed by atoms with Crippen LogP contribution in [-0.2, 0) is 6.42 Å². The van der Waals surface area contributed by atoms with Crippen LogP contribution in [0.25, 0.3) is 16.7 Å². The van der Waals surface area contributed by atoms with Gasteiger partial charge in [-0.1, -0.05) is 32.3 Å². The van der Waals surface area contributed by atoms with E-state index in [4.69, 9.17) is 4.98 Å². The van der Waals surface area contributed by atoms with Gasteiger partial charge in [0.25, 0.3) is 0 Å². The van der Waals surface area contributed by atoms with Gasteiger partial charge >= 0.3 is 0 Å². The Labute approximate surface area is 173 Å². The van der Waals surface area contributed by atoms with Gasteiger partial charge in [0.05, 0.1) is 16.8 Å². The molecule has 1 aliphatic rings. The van der Waals surface area contributed by atoms with Crippen molar-refractivity contribution >= 4 is 22.4 Å². The minimum atomic E-state index is 0.743. The lowest BCUT2D eigenvalue weighted by molar-refractivity contribution is 0.313. The van der Waals surface area contributed by atoms with Gasteiger partial charge in [0, 0.05) is 32.4 Å². The molecule has 3 heterocycles. The molecular formula is C24H31N5. The molecule has 29 heavy (non-hydrogen) atoms. The fraction of sp³-hybridized carbons (Fsp3) is 0.500. The van der Waals surface area contributed by atoms with Crippen LogP contribution in [0, 0.1) is 18.3 Å². The molecule has 0 spiro atoms. The number of benzene rings is 1. The highest BCUT2D eigenvalue weighted by atomic mass is 15.3. The van der Waals surface area contributed by atoms with E-state index in [-0.39, 0.29) is 0 Å². The average molecular weight is 390 g/mol. The Morgan fingerprint density at radius 3 is 2.62 bits per heavy atom. The van der Waals surface area contributed by atoms with Crippen molar-refractivity contribution in [1.29, 1.82) is 5.26 Å². The molecule has 5 heteroatoms. The molecule has 1 fully saturated rings. The fourth-order valence-corrected chi connectivity index (χ4v) is 4.59. The summed E-state index contributed by atoms with van der Waals surface area (Å²) in [6, 6.07) is 8.57. The molecule has 0 saturated carbocycles. The van der Waals surface area contributed by atoms with Crippen molar-refractivity contribution < 1.29 is 0 Å². The molecule has 0 unspecified atom stereocenters. The molecule has 4 rings (SSSR count). The monoisotopic (exact) mass is 389 g/mol. The first kappa shape index (κ1) is 19.7. The van der Waals surface area contributed by atoms with Crippen LogP contribution in [0.15, 0.2) is 24.4 Å². The predicted octanol–water partition coefficient (Wildman–Crippen LogP) is 4.54. The van der Waals surface area contributed by atoms with Crippen molar-refractivity contribution in [3.05, 3.63) is 41.1 Å². The van der Waals surface area contributed by atoms with Gasteiger partial charge in [-0.15, -0.1) is 0 Å². The van der Waals surface area contributed by atoms with Crippen molar-refractivity contribution in [2.45, 2.75) is 46.0 Å². The number of hydrogen-bond acceptors (Lipinski definition) is 4. The first-order valence-electron chi connectivity index (χ1n) is 10.9. The van der Waals surface area contributed by atoms with Crippen LogP contribution >= 0.6 is 0 Å². The van der Waals surface area contributed by atoms with Crippen LogP contribution in [0.1, 0.15) is 49.3 Å². The number of aromatic nitrogens is 2. The van der Waals surface area contributed by atoms with Gasteiger partial charge in [0.15, 0.2) is 0 Å². The molecule has 1 aliphatic heterocycles. The zero-order valence-corrected chi connectivity index (χ0v) is 17.9. The molecule has 1 aromatic carbocycles. The van der Waals surface area contributed by atoms with Crippen molar-refractivity contribution in [2.24, 2.45) is 0 Å². The van der Waals surface area contributed by atoms with Crippen molar-refractivity contribution in [1.82, 2.24) is 14.3 Å². The molecule has 0 bridgehead atoms. The molecular weight excluding hydrogens is 358 g/mol. The zero-order chi connectivity index (χ0) is 20.4. The highest BCUT2D eigenvalue weighted by molar-refractivity contribution is 5.98. The summed E-state index contributed by atoms with van der Waals surface area (Å²) < 4.78 is 2.18. The molecule has 1 saturated heterocycles. The second-order valence-electron chi connectivity index (χ2n) is 8.28. The molecule has 0 N–H and O–H groups in total. The molecule has 3 aromatic rings. The maximum absolute atomic E-state index is 9.99. The summed E-state index contributed by atoms with van der Waals surface area (Å²) in [7, 11) is 2.19. The van der Waals surface area contributed by atoms with Gasteiger partial charge in [0.2, 0.25) is 0 Å². The Bertz CT molecular complexity index is 1050. The summed E-state index contributed by atoms with van der Waals surface area (Å²) in [5, 5.41) is 9.99. The number of nitrogens with zero attached hydrogens (tertiary/aromatic N) is 5. The first-order chi connectivity index (χ1) is 14.2. The third-order valence-corrected chi connectivity index (χ3v) is 6.32. The highest BCUT2D eigenvalue weighted by Crippen LogP contribution is 2.38. The number of fused-ring (bicyclic) bond motifs is 3. The maximum Gasteiger partial charge on any atom is 0.138 e. The van der Waals surface area contributed by atoms with E-state index in [2.05, 4.69) is 53.4 Å². The summed E-state index contributed by atoms with van der Waals surface area (Å²) in [5.41, 5.74) is 7.39. The summed E-state index contributed by atoms with van der Waals surface area (Å²) in [6.07, 6.45) is 8.03. The topological polar surface area (TPSA) is 47.6 Å². The molecule has 0 atom stereocenters. The summed E-state index contributed by atoms with van der Waals surface area (Å²) in [6.45, 7) is 8.52. The minimum Gasteiger partial charge on any atom is -0.367 e. The number of imidazole rings is 1. The third kappa shape index (κ3) is 3.58. The second-order valence-corrected chi connectivity index (χ2v) is 8.28. The number of piperazine rings is 1. The number of rotatable bonds is 6. The Balaban J connectivity index is 1.94. The van der Waals surface area contributed by atoms with E-state index in [0.717, 1.165) is 60.4 Å². The Hall–Kier alpha value is -2.58. The lowest BCUT2D eigenvalue weighted by atomic mass is 9.93. The molecule has 5 nitrogen and oxygen atoms in total. The third-order valence-electron chi connectivity index (χ3n) is 6.32. The summed E-state index contributed by atoms with van der Waals surface area (Å²) in [4.78, 5) is 9.79. The van der Waals surface area contributed by atoms with Gasteiger partial charge in [-0.3, -0.25) is 4.40 Å². The lowest BCUT2D eigenvalue weighted by Gasteiger charge is -2.36. The van der Waals surface area contributed by atoms with Gasteiger partial charge in [-0.05, 0) is 50.1 Å². The smallest absolute Gasteiger partial charge is 0.138 e. The summed E-state index contributed by atoms with van der Waals surface area (Å²) in [5.74, 6) is 0. The lowest BCUT2D eigenvalue weighted by Crippen LogP contribution is -2.45. The van der Waals surface area contributed by atoms with Crippen LogP contribution < -0.4 is 4.90 Å². The minimum absolute atomic E-state index is 0.743. The van der Waals surface area contributed by atoms with Crippen LogP contribution in [0.2, 0.25) is 0 Å². The van der Waals surface area contributed by atoms with Gasteiger partial charge in [-0.25, -0.2) is 4.98 Å². The van der Waals surface area contributed by atoms with E-state index < -0.39 is 0 Å².